The summed E-state index contributed by atoms with van der Waals surface area (Å²) in [6.45, 7) is 3.50. The molecule has 19 heavy (non-hydrogen) atoms. The van der Waals surface area contributed by atoms with Crippen molar-refractivity contribution in [2.45, 2.75) is 25.7 Å². The van der Waals surface area contributed by atoms with Crippen molar-refractivity contribution in [3.63, 3.8) is 0 Å². The Morgan fingerprint density at radius 1 is 1.26 bits per heavy atom. The van der Waals surface area contributed by atoms with Crippen LogP contribution in [0.3, 0.4) is 0 Å². The molecule has 0 saturated heterocycles. The smallest absolute Gasteiger partial charge is 0.0636 e. The standard InChI is InChI=1S/C14H23N3.2ClH/c1-16(2)10-6-12-17-11-4-3-7-13-14(17)8-5-9-15-13;;/h5,8-9H,3-4,6-7,10-12H2,1-2H3;2*1H. The first-order chi connectivity index (χ1) is 8.27. The van der Waals surface area contributed by atoms with Crippen molar-refractivity contribution in [2.24, 2.45) is 0 Å². The van der Waals surface area contributed by atoms with E-state index in [1.165, 1.54) is 37.2 Å². The van der Waals surface area contributed by atoms with Gasteiger partial charge in [-0.1, -0.05) is 0 Å². The lowest BCUT2D eigenvalue weighted by Gasteiger charge is -2.25. The summed E-state index contributed by atoms with van der Waals surface area (Å²) in [6.07, 6.45) is 6.84. The van der Waals surface area contributed by atoms with Crippen molar-refractivity contribution in [3.8, 4) is 0 Å². The molecule has 0 radical (unpaired) electrons. The number of anilines is 1. The third-order valence-electron chi connectivity index (χ3n) is 3.33. The van der Waals surface area contributed by atoms with Crippen molar-refractivity contribution < 1.29 is 0 Å². The summed E-state index contributed by atoms with van der Waals surface area (Å²) in [5.74, 6) is 0. The monoisotopic (exact) mass is 305 g/mol. The van der Waals surface area contributed by atoms with Gasteiger partial charge in [0.05, 0.1) is 11.4 Å². The Labute approximate surface area is 129 Å². The second-order valence-electron chi connectivity index (χ2n) is 5.07. The van der Waals surface area contributed by atoms with Gasteiger partial charge in [0.2, 0.25) is 0 Å². The van der Waals surface area contributed by atoms with Crippen molar-refractivity contribution >= 4 is 30.5 Å². The Hall–Kier alpha value is -0.510. The molecule has 110 valence electrons. The van der Waals surface area contributed by atoms with Crippen LogP contribution in [0.2, 0.25) is 0 Å². The maximum Gasteiger partial charge on any atom is 0.0636 e. The number of aryl methyl sites for hydroxylation is 1. The highest BCUT2D eigenvalue weighted by Crippen LogP contribution is 2.24. The van der Waals surface area contributed by atoms with E-state index in [1.807, 2.05) is 6.20 Å². The lowest BCUT2D eigenvalue weighted by atomic mass is 10.2. The fraction of sp³-hybridized carbons (Fsp3) is 0.643. The maximum absolute atomic E-state index is 4.52. The molecule has 0 unspecified atom stereocenters. The lowest BCUT2D eigenvalue weighted by Crippen LogP contribution is -2.28. The van der Waals surface area contributed by atoms with Gasteiger partial charge in [-0.2, -0.15) is 0 Å². The van der Waals surface area contributed by atoms with Crippen LogP contribution < -0.4 is 4.90 Å². The number of fused-ring (bicyclic) bond motifs is 1. The second-order valence-corrected chi connectivity index (χ2v) is 5.07. The van der Waals surface area contributed by atoms with Crippen molar-refractivity contribution in [1.29, 1.82) is 0 Å². The van der Waals surface area contributed by atoms with E-state index in [9.17, 15) is 0 Å². The summed E-state index contributed by atoms with van der Waals surface area (Å²) in [4.78, 5) is 9.29. The zero-order valence-electron chi connectivity index (χ0n) is 11.8. The summed E-state index contributed by atoms with van der Waals surface area (Å²) in [5, 5.41) is 0. The van der Waals surface area contributed by atoms with Gasteiger partial charge >= 0.3 is 0 Å². The number of hydrogen-bond donors (Lipinski definition) is 0. The van der Waals surface area contributed by atoms with Crippen LogP contribution in [-0.4, -0.2) is 43.6 Å². The average molecular weight is 306 g/mol. The minimum absolute atomic E-state index is 0. The molecular formula is C14H25Cl2N3. The van der Waals surface area contributed by atoms with Gasteiger partial charge in [0.15, 0.2) is 0 Å². The summed E-state index contributed by atoms with van der Waals surface area (Å²) in [5.41, 5.74) is 2.65. The predicted octanol–water partition coefficient (Wildman–Crippen LogP) is 3.02. The maximum atomic E-state index is 4.52. The third kappa shape index (κ3) is 5.55. The Kier molecular flexibility index (Phi) is 9.15. The highest BCUT2D eigenvalue weighted by molar-refractivity contribution is 5.85. The van der Waals surface area contributed by atoms with E-state index in [4.69, 9.17) is 0 Å². The van der Waals surface area contributed by atoms with E-state index in [-0.39, 0.29) is 24.8 Å². The second kappa shape index (κ2) is 9.40. The van der Waals surface area contributed by atoms with Crippen LogP contribution in [0.25, 0.3) is 0 Å². The van der Waals surface area contributed by atoms with Gasteiger partial charge in [-0.15, -0.1) is 24.8 Å². The number of pyridine rings is 1. The van der Waals surface area contributed by atoms with Gasteiger partial charge in [0.25, 0.3) is 0 Å². The van der Waals surface area contributed by atoms with E-state index in [0.717, 1.165) is 19.5 Å². The van der Waals surface area contributed by atoms with Gasteiger partial charge in [-0.3, -0.25) is 4.98 Å². The van der Waals surface area contributed by atoms with Crippen LogP contribution in [0.4, 0.5) is 5.69 Å². The van der Waals surface area contributed by atoms with Crippen LogP contribution in [0.15, 0.2) is 18.3 Å². The highest BCUT2D eigenvalue weighted by Gasteiger charge is 2.15. The van der Waals surface area contributed by atoms with E-state index in [0.29, 0.717) is 0 Å². The van der Waals surface area contributed by atoms with Gasteiger partial charge in [0.1, 0.15) is 0 Å². The molecule has 0 aromatic carbocycles. The van der Waals surface area contributed by atoms with E-state index < -0.39 is 0 Å². The van der Waals surface area contributed by atoms with Crippen LogP contribution in [0.5, 0.6) is 0 Å². The number of halogens is 2. The predicted molar refractivity (Wildman–Crippen MR) is 87.1 cm³/mol. The first kappa shape index (κ1) is 18.5. The molecule has 0 bridgehead atoms. The van der Waals surface area contributed by atoms with Gasteiger partial charge in [-0.25, -0.2) is 0 Å². The number of hydrogen-bond acceptors (Lipinski definition) is 3. The number of rotatable bonds is 4. The average Bonchev–Trinajstić information content (AvgIpc) is 2.52. The molecule has 0 fully saturated rings. The van der Waals surface area contributed by atoms with Crippen LogP contribution in [0.1, 0.15) is 25.0 Å². The minimum Gasteiger partial charge on any atom is -0.370 e. The van der Waals surface area contributed by atoms with Gasteiger partial charge in [0, 0.05) is 19.3 Å². The van der Waals surface area contributed by atoms with Crippen molar-refractivity contribution in [1.82, 2.24) is 9.88 Å². The van der Waals surface area contributed by atoms with E-state index >= 15 is 0 Å². The zero-order chi connectivity index (χ0) is 12.1. The molecule has 0 saturated carbocycles. The van der Waals surface area contributed by atoms with Gasteiger partial charge in [-0.05, 0) is 58.5 Å². The molecule has 3 nitrogen and oxygen atoms in total. The van der Waals surface area contributed by atoms with Crippen molar-refractivity contribution in [2.75, 3.05) is 38.6 Å². The summed E-state index contributed by atoms with van der Waals surface area (Å²) >= 11 is 0. The SMILES string of the molecule is CN(C)CCCN1CCCCc2ncccc21.Cl.Cl. The van der Waals surface area contributed by atoms with E-state index in [1.54, 1.807) is 0 Å². The molecule has 0 amide bonds. The molecule has 2 rings (SSSR count). The summed E-state index contributed by atoms with van der Waals surface area (Å²) < 4.78 is 0. The molecule has 0 atom stereocenters. The number of aromatic nitrogens is 1. The first-order valence-corrected chi connectivity index (χ1v) is 6.61. The van der Waals surface area contributed by atoms with E-state index in [2.05, 4.69) is 41.0 Å². The quantitative estimate of drug-likeness (QED) is 0.852. The molecular weight excluding hydrogens is 281 g/mol. The Morgan fingerprint density at radius 2 is 2.05 bits per heavy atom. The fourth-order valence-electron chi connectivity index (χ4n) is 2.44. The molecule has 1 aromatic rings. The molecule has 2 heterocycles. The molecule has 1 aromatic heterocycles. The van der Waals surface area contributed by atoms with Crippen LogP contribution in [0, 0.1) is 0 Å². The molecule has 0 aliphatic carbocycles. The van der Waals surface area contributed by atoms with Crippen LogP contribution >= 0.6 is 24.8 Å². The van der Waals surface area contributed by atoms with Crippen LogP contribution in [-0.2, 0) is 6.42 Å². The molecule has 0 N–H and O–H groups in total. The zero-order valence-corrected chi connectivity index (χ0v) is 13.5. The highest BCUT2D eigenvalue weighted by atomic mass is 35.5. The Bertz CT molecular complexity index is 358. The summed E-state index contributed by atoms with van der Waals surface area (Å²) in [7, 11) is 4.27. The molecule has 1 aliphatic heterocycles. The third-order valence-corrected chi connectivity index (χ3v) is 3.33. The molecule has 0 spiro atoms. The largest absolute Gasteiger partial charge is 0.370 e. The number of nitrogens with zero attached hydrogens (tertiary/aromatic N) is 3. The van der Waals surface area contributed by atoms with Crippen molar-refractivity contribution in [3.05, 3.63) is 24.0 Å². The molecule has 5 heteroatoms. The first-order valence-electron chi connectivity index (χ1n) is 6.61. The molecule has 1 aliphatic rings. The fourth-order valence-corrected chi connectivity index (χ4v) is 2.44. The topological polar surface area (TPSA) is 19.4 Å². The van der Waals surface area contributed by atoms with Gasteiger partial charge < -0.3 is 9.80 Å². The Balaban J connectivity index is 0.00000162. The lowest BCUT2D eigenvalue weighted by molar-refractivity contribution is 0.400. The minimum atomic E-state index is 0. The summed E-state index contributed by atoms with van der Waals surface area (Å²) in [6, 6.07) is 4.28. The Morgan fingerprint density at radius 3 is 2.79 bits per heavy atom. The normalized spacial score (nSPS) is 14.2.